The number of hydrogen-bond donors (Lipinski definition) is 2. The Labute approximate surface area is 90.9 Å². The summed E-state index contributed by atoms with van der Waals surface area (Å²) in [5.41, 5.74) is 1.17. The predicted octanol–water partition coefficient (Wildman–Crippen LogP) is 0.790. The Morgan fingerprint density at radius 2 is 2.27 bits per heavy atom. The Morgan fingerprint density at radius 1 is 1.53 bits per heavy atom. The van der Waals surface area contributed by atoms with Crippen LogP contribution in [0.15, 0.2) is 18.3 Å². The van der Waals surface area contributed by atoms with Gasteiger partial charge >= 0.3 is 0 Å². The summed E-state index contributed by atoms with van der Waals surface area (Å²) in [7, 11) is 3.84. The summed E-state index contributed by atoms with van der Waals surface area (Å²) in [5.74, 6) is 0.885. The topological polar surface area (TPSA) is 48.4 Å². The zero-order valence-corrected chi connectivity index (χ0v) is 9.57. The number of rotatable bonds is 5. The smallest absolute Gasteiger partial charge is 0.128 e. The predicted molar refractivity (Wildman–Crippen MR) is 62.1 cm³/mol. The average Bonchev–Trinajstić information content (AvgIpc) is 2.28. The number of aliphatic hydroxyl groups is 1. The molecule has 0 saturated heterocycles. The van der Waals surface area contributed by atoms with Crippen LogP contribution in [0.1, 0.15) is 18.5 Å². The van der Waals surface area contributed by atoms with Gasteiger partial charge < -0.3 is 15.3 Å². The Balaban J connectivity index is 2.71. The highest BCUT2D eigenvalue weighted by molar-refractivity contribution is 5.38. The molecule has 0 saturated carbocycles. The second kappa shape index (κ2) is 5.68. The van der Waals surface area contributed by atoms with Gasteiger partial charge in [0.25, 0.3) is 0 Å². The maximum atomic E-state index is 8.80. The van der Waals surface area contributed by atoms with Gasteiger partial charge in [-0.05, 0) is 25.6 Å². The fourth-order valence-electron chi connectivity index (χ4n) is 1.31. The van der Waals surface area contributed by atoms with Crippen LogP contribution in [0.25, 0.3) is 0 Å². The molecule has 0 radical (unpaired) electrons. The van der Waals surface area contributed by atoms with E-state index in [1.807, 2.05) is 31.3 Å². The first-order chi connectivity index (χ1) is 7.19. The zero-order chi connectivity index (χ0) is 11.3. The van der Waals surface area contributed by atoms with Gasteiger partial charge in [0.2, 0.25) is 0 Å². The van der Waals surface area contributed by atoms with Crippen LogP contribution < -0.4 is 10.2 Å². The van der Waals surface area contributed by atoms with E-state index >= 15 is 0 Å². The highest BCUT2D eigenvalue weighted by Crippen LogP contribution is 2.14. The molecule has 1 heterocycles. The van der Waals surface area contributed by atoms with E-state index in [0.29, 0.717) is 12.6 Å². The molecule has 1 unspecified atom stereocenters. The number of nitrogens with one attached hydrogen (secondary N) is 1. The van der Waals surface area contributed by atoms with Crippen molar-refractivity contribution in [1.82, 2.24) is 10.3 Å². The van der Waals surface area contributed by atoms with Gasteiger partial charge in [-0.15, -0.1) is 0 Å². The molecular weight excluding hydrogens is 190 g/mol. The molecule has 84 valence electrons. The average molecular weight is 209 g/mol. The third-order valence-corrected chi connectivity index (χ3v) is 2.53. The highest BCUT2D eigenvalue weighted by Gasteiger charge is 2.04. The van der Waals surface area contributed by atoms with Gasteiger partial charge in [-0.3, -0.25) is 0 Å². The van der Waals surface area contributed by atoms with E-state index in [2.05, 4.69) is 23.3 Å². The lowest BCUT2D eigenvalue weighted by atomic mass is 10.1. The molecule has 1 rings (SSSR count). The monoisotopic (exact) mass is 209 g/mol. The largest absolute Gasteiger partial charge is 0.395 e. The highest BCUT2D eigenvalue weighted by atomic mass is 16.3. The van der Waals surface area contributed by atoms with Gasteiger partial charge in [-0.1, -0.05) is 6.07 Å². The first-order valence-electron chi connectivity index (χ1n) is 5.14. The number of likely N-dealkylation sites (N-methyl/N-ethyl adjacent to an activating group) is 1. The molecule has 0 bridgehead atoms. The number of hydrogen-bond acceptors (Lipinski definition) is 4. The summed E-state index contributed by atoms with van der Waals surface area (Å²) in [4.78, 5) is 6.27. The van der Waals surface area contributed by atoms with Crippen molar-refractivity contribution in [2.24, 2.45) is 0 Å². The van der Waals surface area contributed by atoms with E-state index in [1.54, 1.807) is 0 Å². The van der Waals surface area contributed by atoms with Crippen molar-refractivity contribution >= 4 is 5.82 Å². The number of pyridine rings is 1. The minimum absolute atomic E-state index is 0.146. The van der Waals surface area contributed by atoms with Crippen LogP contribution in [-0.2, 0) is 0 Å². The van der Waals surface area contributed by atoms with E-state index in [-0.39, 0.29) is 6.61 Å². The van der Waals surface area contributed by atoms with Gasteiger partial charge in [0, 0.05) is 25.8 Å². The summed E-state index contributed by atoms with van der Waals surface area (Å²) < 4.78 is 0. The Bertz CT molecular complexity index is 286. The van der Waals surface area contributed by atoms with Crippen molar-refractivity contribution in [2.45, 2.75) is 13.0 Å². The third-order valence-electron chi connectivity index (χ3n) is 2.53. The summed E-state index contributed by atoms with van der Waals surface area (Å²) in [6.45, 7) is 2.84. The minimum atomic E-state index is 0.146. The van der Waals surface area contributed by atoms with Crippen LogP contribution in [0.4, 0.5) is 5.82 Å². The van der Waals surface area contributed by atoms with Crippen molar-refractivity contribution in [1.29, 1.82) is 0 Å². The molecule has 4 nitrogen and oxygen atoms in total. The van der Waals surface area contributed by atoms with Crippen LogP contribution in [-0.4, -0.2) is 37.3 Å². The van der Waals surface area contributed by atoms with Gasteiger partial charge in [-0.25, -0.2) is 4.98 Å². The first kappa shape index (κ1) is 11.9. The molecule has 2 N–H and O–H groups in total. The van der Waals surface area contributed by atoms with Gasteiger partial charge in [-0.2, -0.15) is 0 Å². The summed E-state index contributed by atoms with van der Waals surface area (Å²) in [6, 6.07) is 4.34. The normalized spacial score (nSPS) is 12.5. The molecular formula is C11H19N3O. The number of nitrogens with zero attached hydrogens (tertiary/aromatic N) is 2. The molecule has 0 aliphatic rings. The van der Waals surface area contributed by atoms with E-state index < -0.39 is 0 Å². The standard InChI is InChI=1S/C11H19N3O/c1-9(12-2)10-4-5-11(13-8-10)14(3)6-7-15/h4-5,8-9,12,15H,6-7H2,1-3H3. The van der Waals surface area contributed by atoms with Crippen molar-refractivity contribution in [3.05, 3.63) is 23.9 Å². The molecule has 0 aliphatic heterocycles. The lowest BCUT2D eigenvalue weighted by Gasteiger charge is -2.17. The molecule has 1 aromatic rings. The van der Waals surface area contributed by atoms with Gasteiger partial charge in [0.1, 0.15) is 5.82 Å². The Hall–Kier alpha value is -1.13. The van der Waals surface area contributed by atoms with Crippen molar-refractivity contribution in [2.75, 3.05) is 32.1 Å². The minimum Gasteiger partial charge on any atom is -0.395 e. The van der Waals surface area contributed by atoms with E-state index in [4.69, 9.17) is 5.11 Å². The lowest BCUT2D eigenvalue weighted by Crippen LogP contribution is -2.22. The second-order valence-electron chi connectivity index (χ2n) is 3.61. The maximum absolute atomic E-state index is 8.80. The third kappa shape index (κ3) is 3.18. The fraction of sp³-hybridized carbons (Fsp3) is 0.545. The molecule has 0 spiro atoms. The number of aromatic nitrogens is 1. The second-order valence-corrected chi connectivity index (χ2v) is 3.61. The van der Waals surface area contributed by atoms with Crippen molar-refractivity contribution < 1.29 is 5.11 Å². The van der Waals surface area contributed by atoms with E-state index in [1.165, 1.54) is 5.56 Å². The SMILES string of the molecule is CNC(C)c1ccc(N(C)CCO)nc1. The molecule has 1 aromatic heterocycles. The summed E-state index contributed by atoms with van der Waals surface area (Å²) in [5, 5.41) is 12.0. The Morgan fingerprint density at radius 3 is 2.73 bits per heavy atom. The van der Waals surface area contributed by atoms with Crippen LogP contribution in [0.5, 0.6) is 0 Å². The van der Waals surface area contributed by atoms with Crippen LogP contribution in [0, 0.1) is 0 Å². The number of anilines is 1. The maximum Gasteiger partial charge on any atom is 0.128 e. The quantitative estimate of drug-likeness (QED) is 0.753. The Kier molecular flexibility index (Phi) is 4.52. The molecule has 0 fully saturated rings. The summed E-state index contributed by atoms with van der Waals surface area (Å²) in [6.07, 6.45) is 1.87. The number of aliphatic hydroxyl groups excluding tert-OH is 1. The van der Waals surface area contributed by atoms with Crippen molar-refractivity contribution in [3.63, 3.8) is 0 Å². The van der Waals surface area contributed by atoms with Crippen LogP contribution >= 0.6 is 0 Å². The van der Waals surface area contributed by atoms with E-state index in [0.717, 1.165) is 5.82 Å². The molecule has 0 aromatic carbocycles. The fourth-order valence-corrected chi connectivity index (χ4v) is 1.31. The molecule has 0 amide bonds. The molecule has 0 aliphatic carbocycles. The first-order valence-corrected chi connectivity index (χ1v) is 5.14. The molecule has 4 heteroatoms. The van der Waals surface area contributed by atoms with Gasteiger partial charge in [0.15, 0.2) is 0 Å². The van der Waals surface area contributed by atoms with Crippen LogP contribution in [0.2, 0.25) is 0 Å². The van der Waals surface area contributed by atoms with Crippen molar-refractivity contribution in [3.8, 4) is 0 Å². The van der Waals surface area contributed by atoms with Gasteiger partial charge in [0.05, 0.1) is 6.61 Å². The molecule has 15 heavy (non-hydrogen) atoms. The summed E-state index contributed by atoms with van der Waals surface area (Å²) >= 11 is 0. The van der Waals surface area contributed by atoms with Crippen LogP contribution in [0.3, 0.4) is 0 Å². The lowest BCUT2D eigenvalue weighted by molar-refractivity contribution is 0.304. The molecule has 1 atom stereocenters. The van der Waals surface area contributed by atoms with E-state index in [9.17, 15) is 0 Å². The zero-order valence-electron chi connectivity index (χ0n) is 9.57.